The van der Waals surface area contributed by atoms with Crippen LogP contribution in [0, 0.1) is 11.8 Å². The number of ether oxygens (including phenoxy) is 1. The van der Waals surface area contributed by atoms with Gasteiger partial charge in [-0.2, -0.15) is 4.37 Å². The zero-order valence-electron chi connectivity index (χ0n) is 11.0. The minimum Gasteiger partial charge on any atom is -0.377 e. The van der Waals surface area contributed by atoms with Gasteiger partial charge in [0, 0.05) is 31.7 Å². The molecule has 1 saturated carbocycles. The van der Waals surface area contributed by atoms with Gasteiger partial charge in [-0.05, 0) is 24.7 Å². The SMILES string of the molecule is COCc1nsc(NC(=O)N2CC3CCCC3C2)n1. The second-order valence-electron chi connectivity index (χ2n) is 5.23. The third-order valence-corrected chi connectivity index (χ3v) is 4.64. The third kappa shape index (κ3) is 2.71. The average molecular weight is 282 g/mol. The molecule has 1 aromatic rings. The van der Waals surface area contributed by atoms with Gasteiger partial charge in [-0.1, -0.05) is 6.42 Å². The first-order valence-corrected chi connectivity index (χ1v) is 7.41. The quantitative estimate of drug-likeness (QED) is 0.920. The zero-order chi connectivity index (χ0) is 13.2. The van der Waals surface area contributed by atoms with Crippen LogP contribution < -0.4 is 5.32 Å². The summed E-state index contributed by atoms with van der Waals surface area (Å²) in [6.07, 6.45) is 3.86. The number of hydrogen-bond donors (Lipinski definition) is 1. The molecule has 1 aliphatic heterocycles. The van der Waals surface area contributed by atoms with Crippen LogP contribution in [0.25, 0.3) is 0 Å². The number of nitrogens with one attached hydrogen (secondary N) is 1. The Labute approximate surface area is 116 Å². The zero-order valence-corrected chi connectivity index (χ0v) is 11.8. The molecule has 1 aliphatic carbocycles. The number of anilines is 1. The molecule has 2 heterocycles. The van der Waals surface area contributed by atoms with Gasteiger partial charge in [0.05, 0.1) is 0 Å². The van der Waals surface area contributed by atoms with Gasteiger partial charge in [0.15, 0.2) is 5.82 Å². The fourth-order valence-electron chi connectivity index (χ4n) is 3.06. The summed E-state index contributed by atoms with van der Waals surface area (Å²) in [6.45, 7) is 2.15. The lowest BCUT2D eigenvalue weighted by Gasteiger charge is -2.16. The van der Waals surface area contributed by atoms with Crippen molar-refractivity contribution in [3.63, 3.8) is 0 Å². The molecule has 3 rings (SSSR count). The average Bonchev–Trinajstić information content (AvgIpc) is 3.03. The van der Waals surface area contributed by atoms with Crippen molar-refractivity contribution >= 4 is 22.7 Å². The van der Waals surface area contributed by atoms with Gasteiger partial charge < -0.3 is 9.64 Å². The largest absolute Gasteiger partial charge is 0.377 e. The predicted molar refractivity (Wildman–Crippen MR) is 72.0 cm³/mol. The number of fused-ring (bicyclic) bond motifs is 1. The van der Waals surface area contributed by atoms with Gasteiger partial charge in [-0.25, -0.2) is 9.78 Å². The number of carbonyl (C=O) groups excluding carboxylic acids is 1. The topological polar surface area (TPSA) is 67.3 Å². The summed E-state index contributed by atoms with van der Waals surface area (Å²) in [4.78, 5) is 18.3. The Morgan fingerprint density at radius 1 is 1.47 bits per heavy atom. The summed E-state index contributed by atoms with van der Waals surface area (Å²) in [7, 11) is 1.60. The summed E-state index contributed by atoms with van der Waals surface area (Å²) in [5.74, 6) is 2.04. The molecule has 7 heteroatoms. The Morgan fingerprint density at radius 3 is 2.89 bits per heavy atom. The number of amides is 2. The molecular weight excluding hydrogens is 264 g/mol. The summed E-state index contributed by atoms with van der Waals surface area (Å²) < 4.78 is 9.07. The van der Waals surface area contributed by atoms with Gasteiger partial charge in [0.25, 0.3) is 0 Å². The molecule has 2 unspecified atom stereocenters. The van der Waals surface area contributed by atoms with Gasteiger partial charge in [-0.15, -0.1) is 0 Å². The molecule has 104 valence electrons. The van der Waals surface area contributed by atoms with Crippen molar-refractivity contribution in [1.82, 2.24) is 14.3 Å². The highest BCUT2D eigenvalue weighted by Crippen LogP contribution is 2.37. The van der Waals surface area contributed by atoms with E-state index in [1.165, 1.54) is 30.8 Å². The molecule has 0 radical (unpaired) electrons. The van der Waals surface area contributed by atoms with Gasteiger partial charge in [0.2, 0.25) is 5.13 Å². The molecule has 0 bridgehead atoms. The van der Waals surface area contributed by atoms with E-state index < -0.39 is 0 Å². The van der Waals surface area contributed by atoms with E-state index in [0.717, 1.165) is 13.1 Å². The predicted octanol–water partition coefficient (Wildman–Crippen LogP) is 1.95. The number of urea groups is 1. The van der Waals surface area contributed by atoms with E-state index in [2.05, 4.69) is 14.7 Å². The van der Waals surface area contributed by atoms with E-state index in [9.17, 15) is 4.79 Å². The molecular formula is C12H18N4O2S. The summed E-state index contributed by atoms with van der Waals surface area (Å²) in [6, 6.07) is -0.0467. The van der Waals surface area contributed by atoms with E-state index in [1.807, 2.05) is 4.90 Å². The van der Waals surface area contributed by atoms with Crippen LogP contribution in [0.1, 0.15) is 25.1 Å². The van der Waals surface area contributed by atoms with Crippen LogP contribution in [0.4, 0.5) is 9.93 Å². The molecule has 0 spiro atoms. The van der Waals surface area contributed by atoms with Crippen molar-refractivity contribution in [2.75, 3.05) is 25.5 Å². The van der Waals surface area contributed by atoms with Crippen molar-refractivity contribution < 1.29 is 9.53 Å². The minimum atomic E-state index is -0.0467. The Morgan fingerprint density at radius 2 is 2.21 bits per heavy atom. The minimum absolute atomic E-state index is 0.0467. The molecule has 2 fully saturated rings. The van der Waals surface area contributed by atoms with E-state index in [0.29, 0.717) is 29.4 Å². The van der Waals surface area contributed by atoms with Crippen LogP contribution in [0.3, 0.4) is 0 Å². The lowest BCUT2D eigenvalue weighted by molar-refractivity contribution is 0.179. The maximum absolute atomic E-state index is 12.1. The standard InChI is InChI=1S/C12H18N4O2S/c1-18-7-10-13-11(19-15-10)14-12(17)16-5-8-3-2-4-9(8)6-16/h8-9H,2-7H2,1H3,(H,13,14,15,17). The number of nitrogens with zero attached hydrogens (tertiary/aromatic N) is 3. The van der Waals surface area contributed by atoms with E-state index in [-0.39, 0.29) is 6.03 Å². The monoisotopic (exact) mass is 282 g/mol. The molecule has 2 atom stereocenters. The van der Waals surface area contributed by atoms with E-state index >= 15 is 0 Å². The van der Waals surface area contributed by atoms with Crippen LogP contribution in [0.5, 0.6) is 0 Å². The molecule has 2 aliphatic rings. The van der Waals surface area contributed by atoms with Crippen molar-refractivity contribution in [3.8, 4) is 0 Å². The Bertz CT molecular complexity index is 452. The van der Waals surface area contributed by atoms with Crippen molar-refractivity contribution in [3.05, 3.63) is 5.82 Å². The molecule has 1 aromatic heterocycles. The van der Waals surface area contributed by atoms with E-state index in [4.69, 9.17) is 4.74 Å². The molecule has 1 N–H and O–H groups in total. The molecule has 0 aromatic carbocycles. The fraction of sp³-hybridized carbons (Fsp3) is 0.750. The van der Waals surface area contributed by atoms with Crippen LogP contribution in [-0.2, 0) is 11.3 Å². The summed E-state index contributed by atoms with van der Waals surface area (Å²) in [5.41, 5.74) is 0. The molecule has 2 amide bonds. The van der Waals surface area contributed by atoms with Crippen LogP contribution in [0.2, 0.25) is 0 Å². The normalized spacial score (nSPS) is 25.6. The number of methoxy groups -OCH3 is 1. The molecule has 19 heavy (non-hydrogen) atoms. The number of aromatic nitrogens is 2. The lowest BCUT2D eigenvalue weighted by atomic mass is 10.0. The number of likely N-dealkylation sites (tertiary alicyclic amines) is 1. The summed E-state index contributed by atoms with van der Waals surface area (Å²) in [5, 5.41) is 3.38. The van der Waals surface area contributed by atoms with Gasteiger partial charge in [-0.3, -0.25) is 5.32 Å². The lowest BCUT2D eigenvalue weighted by Crippen LogP contribution is -2.33. The van der Waals surface area contributed by atoms with Crippen LogP contribution >= 0.6 is 11.5 Å². The second kappa shape index (κ2) is 5.42. The highest BCUT2D eigenvalue weighted by molar-refractivity contribution is 7.09. The maximum Gasteiger partial charge on any atom is 0.323 e. The van der Waals surface area contributed by atoms with Crippen molar-refractivity contribution in [2.24, 2.45) is 11.8 Å². The molecule has 6 nitrogen and oxygen atoms in total. The van der Waals surface area contributed by atoms with Gasteiger partial charge >= 0.3 is 6.03 Å². The highest BCUT2D eigenvalue weighted by atomic mass is 32.1. The number of carbonyl (C=O) groups is 1. The number of hydrogen-bond acceptors (Lipinski definition) is 5. The van der Waals surface area contributed by atoms with Gasteiger partial charge in [0.1, 0.15) is 6.61 Å². The third-order valence-electron chi connectivity index (χ3n) is 3.97. The van der Waals surface area contributed by atoms with Crippen LogP contribution in [-0.4, -0.2) is 40.5 Å². The van der Waals surface area contributed by atoms with Crippen LogP contribution in [0.15, 0.2) is 0 Å². The van der Waals surface area contributed by atoms with Crippen molar-refractivity contribution in [1.29, 1.82) is 0 Å². The first-order valence-electron chi connectivity index (χ1n) is 6.63. The Kier molecular flexibility index (Phi) is 3.65. The Balaban J connectivity index is 1.56. The van der Waals surface area contributed by atoms with Crippen molar-refractivity contribution in [2.45, 2.75) is 25.9 Å². The maximum atomic E-state index is 12.1. The van der Waals surface area contributed by atoms with E-state index in [1.54, 1.807) is 7.11 Å². The highest BCUT2D eigenvalue weighted by Gasteiger charge is 2.38. The first-order chi connectivity index (χ1) is 9.26. The second-order valence-corrected chi connectivity index (χ2v) is 5.99. The number of rotatable bonds is 3. The Hall–Kier alpha value is -1.21. The smallest absolute Gasteiger partial charge is 0.323 e. The molecule has 1 saturated heterocycles. The first kappa shape index (κ1) is 12.8. The summed E-state index contributed by atoms with van der Waals surface area (Å²) >= 11 is 1.20. The fourth-order valence-corrected chi connectivity index (χ4v) is 3.63.